The summed E-state index contributed by atoms with van der Waals surface area (Å²) in [5.41, 5.74) is 3.11. The second kappa shape index (κ2) is 10.8. The van der Waals surface area contributed by atoms with Crippen LogP contribution >= 0.6 is 0 Å². The molecule has 2 aliphatic heterocycles. The summed E-state index contributed by atoms with van der Waals surface area (Å²) in [5, 5.41) is 11.2. The molecule has 1 aromatic carbocycles. The summed E-state index contributed by atoms with van der Waals surface area (Å²) in [6.45, 7) is 4.75. The summed E-state index contributed by atoms with van der Waals surface area (Å²) in [7, 11) is 0. The maximum Gasteiger partial charge on any atom is 0.363 e. The number of hydrogen-bond acceptors (Lipinski definition) is 8. The van der Waals surface area contributed by atoms with Gasteiger partial charge in [-0.3, -0.25) is 14.7 Å². The molecule has 12 heteroatoms. The first-order chi connectivity index (χ1) is 19.8. The van der Waals surface area contributed by atoms with Gasteiger partial charge in [0.2, 0.25) is 5.82 Å². The molecule has 6 rings (SSSR count). The summed E-state index contributed by atoms with van der Waals surface area (Å²) in [4.78, 5) is 36.9. The van der Waals surface area contributed by atoms with Gasteiger partial charge in [0, 0.05) is 61.9 Å². The lowest BCUT2D eigenvalue weighted by atomic mass is 10.0. The van der Waals surface area contributed by atoms with Crippen molar-refractivity contribution in [3.63, 3.8) is 0 Å². The third-order valence-electron chi connectivity index (χ3n) is 7.78. The van der Waals surface area contributed by atoms with E-state index in [-0.39, 0.29) is 40.5 Å². The first kappa shape index (κ1) is 26.8. The Hall–Kier alpha value is -4.45. The molecule has 1 fully saturated rings. The number of nitrogens with zero attached hydrogens (tertiary/aromatic N) is 6. The molecule has 0 spiro atoms. The van der Waals surface area contributed by atoms with E-state index >= 15 is 0 Å². The molecule has 0 bridgehead atoms. The molecule has 10 nitrogen and oxygen atoms in total. The van der Waals surface area contributed by atoms with Gasteiger partial charge >= 0.3 is 5.82 Å². The number of anilines is 1. The van der Waals surface area contributed by atoms with Crippen LogP contribution in [0.15, 0.2) is 53.7 Å². The molecule has 0 unspecified atom stereocenters. The van der Waals surface area contributed by atoms with Crippen molar-refractivity contribution in [2.45, 2.75) is 45.4 Å². The minimum absolute atomic E-state index is 0.0349. The summed E-state index contributed by atoms with van der Waals surface area (Å²) < 4.78 is 36.1. The van der Waals surface area contributed by atoms with E-state index < -0.39 is 16.6 Å². The Labute approximate surface area is 234 Å². The van der Waals surface area contributed by atoms with Crippen molar-refractivity contribution in [2.24, 2.45) is 0 Å². The molecule has 212 valence electrons. The van der Waals surface area contributed by atoms with E-state index in [1.54, 1.807) is 23.0 Å². The van der Waals surface area contributed by atoms with Crippen LogP contribution < -0.4 is 15.1 Å². The van der Waals surface area contributed by atoms with Gasteiger partial charge in [0.05, 0.1) is 23.1 Å². The third kappa shape index (κ3) is 5.22. The van der Waals surface area contributed by atoms with Gasteiger partial charge in [0.1, 0.15) is 6.61 Å². The van der Waals surface area contributed by atoms with Gasteiger partial charge in [0.25, 0.3) is 0 Å². The van der Waals surface area contributed by atoms with Gasteiger partial charge in [-0.25, -0.2) is 4.39 Å². The van der Waals surface area contributed by atoms with Crippen LogP contribution in [0.2, 0.25) is 0 Å². The zero-order chi connectivity index (χ0) is 28.7. The fourth-order valence-corrected chi connectivity index (χ4v) is 5.83. The predicted molar refractivity (Wildman–Crippen MR) is 148 cm³/mol. The van der Waals surface area contributed by atoms with Crippen LogP contribution in [-0.2, 0) is 19.6 Å². The highest BCUT2D eigenvalue weighted by Gasteiger charge is 2.29. The quantitative estimate of drug-likeness (QED) is 0.242. The lowest BCUT2D eigenvalue weighted by molar-refractivity contribution is -0.389. The second-order valence-electron chi connectivity index (χ2n) is 10.5. The number of aryl methyl sites for hydroxylation is 1. The zero-order valence-electron chi connectivity index (χ0n) is 22.4. The highest BCUT2D eigenvalue weighted by molar-refractivity contribution is 5.86. The molecule has 0 amide bonds. The van der Waals surface area contributed by atoms with Gasteiger partial charge in [0.15, 0.2) is 23.2 Å². The van der Waals surface area contributed by atoms with Crippen molar-refractivity contribution in [2.75, 3.05) is 24.6 Å². The predicted octanol–water partition coefficient (Wildman–Crippen LogP) is 4.35. The number of piperidine rings is 1. The molecule has 2 aliphatic rings. The highest BCUT2D eigenvalue weighted by atomic mass is 19.2. The van der Waals surface area contributed by atoms with Crippen molar-refractivity contribution in [3.8, 4) is 5.75 Å². The van der Waals surface area contributed by atoms with E-state index in [1.165, 1.54) is 12.3 Å². The fraction of sp³-hybridized carbons (Fsp3) is 0.345. The Kier molecular flexibility index (Phi) is 7.08. The molecule has 41 heavy (non-hydrogen) atoms. The Balaban J connectivity index is 1.36. The average Bonchev–Trinajstić information content (AvgIpc) is 2.97. The van der Waals surface area contributed by atoms with E-state index in [2.05, 4.69) is 19.8 Å². The number of ether oxygens (including phenoxy) is 1. The minimum atomic E-state index is -1.11. The minimum Gasteiger partial charge on any atom is -0.486 e. The number of nitro groups is 1. The summed E-state index contributed by atoms with van der Waals surface area (Å²) in [6, 6.07) is 8.06. The second-order valence-corrected chi connectivity index (χ2v) is 10.5. The Bertz CT molecular complexity index is 1690. The summed E-state index contributed by atoms with van der Waals surface area (Å²) >= 11 is 0. The van der Waals surface area contributed by atoms with E-state index in [0.717, 1.165) is 42.4 Å². The standard InChI is InChI=1S/C29H28F2N6O4/c1-18-11-19(6-7-32-18)14-36(22-3-2-8-34(17-22)21-4-5-25(33-13-21)37(39)40)16-20-15-35-9-10-41-29-26(31)24(30)12-23(27(29)35)28(20)38/h4-7,11-13,15,22H,2-3,8-10,14,16-17H2,1H3/t22-/m0/s1. The van der Waals surface area contributed by atoms with Crippen LogP contribution in [0.5, 0.6) is 5.75 Å². The molecule has 5 heterocycles. The van der Waals surface area contributed by atoms with Crippen LogP contribution in [0, 0.1) is 28.7 Å². The van der Waals surface area contributed by atoms with Crippen molar-refractivity contribution in [1.29, 1.82) is 0 Å². The van der Waals surface area contributed by atoms with E-state index in [1.807, 2.05) is 19.1 Å². The van der Waals surface area contributed by atoms with Gasteiger partial charge in [-0.05, 0) is 59.5 Å². The molecule has 0 N–H and O–H groups in total. The number of pyridine rings is 3. The third-order valence-corrected chi connectivity index (χ3v) is 7.78. The van der Waals surface area contributed by atoms with Gasteiger partial charge in [-0.1, -0.05) is 0 Å². The Morgan fingerprint density at radius 3 is 2.78 bits per heavy atom. The molecule has 0 saturated carbocycles. The number of halogens is 2. The number of aromatic nitrogens is 3. The molecular weight excluding hydrogens is 534 g/mol. The molecule has 3 aromatic heterocycles. The molecule has 1 saturated heterocycles. The number of rotatable bonds is 7. The summed E-state index contributed by atoms with van der Waals surface area (Å²) in [5.74, 6) is -2.63. The smallest absolute Gasteiger partial charge is 0.363 e. The SMILES string of the molecule is Cc1cc(CN(Cc2cn3c4c(c(F)c(F)cc4c2=O)OCC3)[C@H]2CCCN(c3ccc([N+](=O)[O-])nc3)C2)ccn1. The Morgan fingerprint density at radius 1 is 1.17 bits per heavy atom. The zero-order valence-corrected chi connectivity index (χ0v) is 22.4. The van der Waals surface area contributed by atoms with Crippen LogP contribution in [0.1, 0.15) is 29.7 Å². The normalized spacial score (nSPS) is 16.7. The van der Waals surface area contributed by atoms with E-state index in [4.69, 9.17) is 4.74 Å². The first-order valence-electron chi connectivity index (χ1n) is 13.5. The molecule has 1 atom stereocenters. The lowest BCUT2D eigenvalue weighted by Gasteiger charge is -2.40. The number of benzene rings is 1. The van der Waals surface area contributed by atoms with Crippen molar-refractivity contribution in [3.05, 3.63) is 97.7 Å². The first-order valence-corrected chi connectivity index (χ1v) is 13.5. The Morgan fingerprint density at radius 2 is 2.02 bits per heavy atom. The molecule has 4 aromatic rings. The van der Waals surface area contributed by atoms with Gasteiger partial charge in [-0.2, -0.15) is 4.39 Å². The largest absolute Gasteiger partial charge is 0.486 e. The van der Waals surface area contributed by atoms with Crippen molar-refractivity contribution >= 4 is 22.4 Å². The van der Waals surface area contributed by atoms with E-state index in [9.17, 15) is 23.7 Å². The fourth-order valence-electron chi connectivity index (χ4n) is 5.83. The maximum atomic E-state index is 14.5. The van der Waals surface area contributed by atoms with Gasteiger partial charge in [-0.15, -0.1) is 0 Å². The van der Waals surface area contributed by atoms with Crippen molar-refractivity contribution in [1.82, 2.24) is 19.4 Å². The molecule has 0 radical (unpaired) electrons. The molecular formula is C29H28F2N6O4. The van der Waals surface area contributed by atoms with Crippen molar-refractivity contribution < 1.29 is 18.4 Å². The summed E-state index contributed by atoms with van der Waals surface area (Å²) in [6.07, 6.45) is 6.76. The van der Waals surface area contributed by atoms with E-state index in [0.29, 0.717) is 31.7 Å². The monoisotopic (exact) mass is 562 g/mol. The van der Waals surface area contributed by atoms with Crippen LogP contribution in [0.4, 0.5) is 20.3 Å². The highest BCUT2D eigenvalue weighted by Crippen LogP contribution is 2.33. The van der Waals surface area contributed by atoms with Crippen LogP contribution in [0.3, 0.4) is 0 Å². The average molecular weight is 563 g/mol. The van der Waals surface area contributed by atoms with Crippen LogP contribution in [0.25, 0.3) is 10.9 Å². The van der Waals surface area contributed by atoms with Gasteiger partial charge < -0.3 is 24.3 Å². The topological polar surface area (TPSA) is 107 Å². The maximum absolute atomic E-state index is 14.5. The lowest BCUT2D eigenvalue weighted by Crippen LogP contribution is -2.48. The molecule has 0 aliphatic carbocycles. The van der Waals surface area contributed by atoms with Crippen LogP contribution in [-0.4, -0.2) is 50.1 Å². The number of hydrogen-bond donors (Lipinski definition) is 0.